The van der Waals surface area contributed by atoms with Crippen LogP contribution in [0.2, 0.25) is 10.0 Å². The Labute approximate surface area is 183 Å². The lowest BCUT2D eigenvalue weighted by Gasteiger charge is -2.14. The largest absolute Gasteiger partial charge is 0.493 e. The highest BCUT2D eigenvalue weighted by Gasteiger charge is 2.10. The summed E-state index contributed by atoms with van der Waals surface area (Å²) in [5.74, 6) is 1.35. The Balaban J connectivity index is 0.00000338. The second kappa shape index (κ2) is 13.3. The van der Waals surface area contributed by atoms with Crippen LogP contribution in [0.4, 0.5) is 0 Å². The standard InChI is InChI=1S/C19H24Cl2N2O2.2ClH/c1-23(2)10-9-22-12-14-7-8-18(19(11-14)24-3)25-13-15-16(20)5-4-6-17(15)21;;/h4-8,11,22H,9-10,12-13H2,1-3H3;2*1H. The molecule has 27 heavy (non-hydrogen) atoms. The summed E-state index contributed by atoms with van der Waals surface area (Å²) in [6.45, 7) is 2.99. The van der Waals surface area contributed by atoms with Crippen molar-refractivity contribution in [2.75, 3.05) is 34.3 Å². The molecular formula is C19H26Cl4N2O2. The van der Waals surface area contributed by atoms with E-state index in [1.807, 2.05) is 24.3 Å². The van der Waals surface area contributed by atoms with E-state index in [0.29, 0.717) is 21.5 Å². The molecule has 0 fully saturated rings. The molecule has 8 heteroatoms. The van der Waals surface area contributed by atoms with Gasteiger partial charge in [-0.3, -0.25) is 0 Å². The predicted octanol–water partition coefficient (Wildman–Crippen LogP) is 5.08. The van der Waals surface area contributed by atoms with Gasteiger partial charge in [-0.2, -0.15) is 0 Å². The highest BCUT2D eigenvalue weighted by molar-refractivity contribution is 6.35. The molecule has 0 bridgehead atoms. The molecule has 0 amide bonds. The summed E-state index contributed by atoms with van der Waals surface area (Å²) in [6.07, 6.45) is 0. The fourth-order valence-electron chi connectivity index (χ4n) is 2.30. The first-order valence-electron chi connectivity index (χ1n) is 8.09. The second-order valence-electron chi connectivity index (χ2n) is 5.95. The summed E-state index contributed by atoms with van der Waals surface area (Å²) in [5, 5.41) is 4.59. The normalized spacial score (nSPS) is 10.1. The Morgan fingerprint density at radius 1 is 1.00 bits per heavy atom. The molecule has 0 aliphatic heterocycles. The Morgan fingerprint density at radius 3 is 2.26 bits per heavy atom. The van der Waals surface area contributed by atoms with Crippen molar-refractivity contribution >= 4 is 48.0 Å². The first kappa shape index (κ1) is 26.1. The van der Waals surface area contributed by atoms with Gasteiger partial charge in [0.1, 0.15) is 6.61 Å². The van der Waals surface area contributed by atoms with E-state index in [4.69, 9.17) is 32.7 Å². The fourth-order valence-corrected chi connectivity index (χ4v) is 2.80. The van der Waals surface area contributed by atoms with E-state index in [2.05, 4.69) is 24.3 Å². The molecule has 0 aromatic heterocycles. The van der Waals surface area contributed by atoms with Gasteiger partial charge in [0.15, 0.2) is 11.5 Å². The zero-order chi connectivity index (χ0) is 18.2. The van der Waals surface area contributed by atoms with Gasteiger partial charge in [-0.05, 0) is 43.9 Å². The van der Waals surface area contributed by atoms with Gasteiger partial charge >= 0.3 is 0 Å². The molecule has 2 rings (SSSR count). The summed E-state index contributed by atoms with van der Waals surface area (Å²) in [4.78, 5) is 2.14. The summed E-state index contributed by atoms with van der Waals surface area (Å²) < 4.78 is 11.3. The Kier molecular flexibility index (Phi) is 12.9. The van der Waals surface area contributed by atoms with Gasteiger partial charge < -0.3 is 19.7 Å². The highest BCUT2D eigenvalue weighted by Crippen LogP contribution is 2.31. The monoisotopic (exact) mass is 454 g/mol. The highest BCUT2D eigenvalue weighted by atomic mass is 35.5. The van der Waals surface area contributed by atoms with Gasteiger partial charge in [-0.15, -0.1) is 24.8 Å². The minimum Gasteiger partial charge on any atom is -0.493 e. The maximum absolute atomic E-state index is 6.18. The average molecular weight is 456 g/mol. The zero-order valence-electron chi connectivity index (χ0n) is 15.6. The second-order valence-corrected chi connectivity index (χ2v) is 6.77. The van der Waals surface area contributed by atoms with Crippen molar-refractivity contribution < 1.29 is 9.47 Å². The summed E-state index contributed by atoms with van der Waals surface area (Å²) in [6, 6.07) is 11.3. The van der Waals surface area contributed by atoms with Crippen molar-refractivity contribution in [3.63, 3.8) is 0 Å². The molecule has 0 saturated heterocycles. The molecule has 0 saturated carbocycles. The third kappa shape index (κ3) is 8.34. The van der Waals surface area contributed by atoms with E-state index in [0.717, 1.165) is 30.8 Å². The number of rotatable bonds is 9. The maximum Gasteiger partial charge on any atom is 0.161 e. The number of ether oxygens (including phenoxy) is 2. The molecule has 0 aliphatic rings. The van der Waals surface area contributed by atoms with Crippen molar-refractivity contribution in [3.05, 3.63) is 57.6 Å². The molecule has 4 nitrogen and oxygen atoms in total. The Hall–Kier alpha value is -0.880. The Morgan fingerprint density at radius 2 is 1.67 bits per heavy atom. The van der Waals surface area contributed by atoms with Crippen LogP contribution in [-0.4, -0.2) is 39.2 Å². The van der Waals surface area contributed by atoms with E-state index in [-0.39, 0.29) is 31.4 Å². The van der Waals surface area contributed by atoms with Crippen LogP contribution in [0, 0.1) is 0 Å². The summed E-state index contributed by atoms with van der Waals surface area (Å²) in [5.41, 5.74) is 1.90. The van der Waals surface area contributed by atoms with E-state index in [1.165, 1.54) is 0 Å². The number of halogens is 4. The smallest absolute Gasteiger partial charge is 0.161 e. The number of hydrogen-bond acceptors (Lipinski definition) is 4. The van der Waals surface area contributed by atoms with Crippen molar-refractivity contribution in [1.29, 1.82) is 0 Å². The van der Waals surface area contributed by atoms with Gasteiger partial charge in [-0.1, -0.05) is 35.3 Å². The minimum atomic E-state index is 0. The van der Waals surface area contributed by atoms with Crippen LogP contribution >= 0.6 is 48.0 Å². The SMILES string of the molecule is COc1cc(CNCCN(C)C)ccc1OCc1c(Cl)cccc1Cl.Cl.Cl. The summed E-state index contributed by atoms with van der Waals surface area (Å²) in [7, 11) is 5.75. The Bertz CT molecular complexity index is 679. The maximum atomic E-state index is 6.18. The van der Waals surface area contributed by atoms with Crippen LogP contribution in [0.3, 0.4) is 0 Å². The van der Waals surface area contributed by atoms with E-state index >= 15 is 0 Å². The van der Waals surface area contributed by atoms with Gasteiger partial charge in [0.2, 0.25) is 0 Å². The van der Waals surface area contributed by atoms with Crippen molar-refractivity contribution in [1.82, 2.24) is 10.2 Å². The van der Waals surface area contributed by atoms with Crippen LogP contribution in [0.15, 0.2) is 36.4 Å². The minimum absolute atomic E-state index is 0. The van der Waals surface area contributed by atoms with Gasteiger partial charge in [0.25, 0.3) is 0 Å². The van der Waals surface area contributed by atoms with Crippen LogP contribution in [-0.2, 0) is 13.2 Å². The number of methoxy groups -OCH3 is 1. The fraction of sp³-hybridized carbons (Fsp3) is 0.368. The molecule has 0 aliphatic carbocycles. The first-order chi connectivity index (χ1) is 12.0. The van der Waals surface area contributed by atoms with Gasteiger partial charge in [-0.25, -0.2) is 0 Å². The van der Waals surface area contributed by atoms with E-state index in [1.54, 1.807) is 19.2 Å². The molecule has 0 unspecified atom stereocenters. The predicted molar refractivity (Wildman–Crippen MR) is 119 cm³/mol. The van der Waals surface area contributed by atoms with Crippen LogP contribution < -0.4 is 14.8 Å². The third-order valence-corrected chi connectivity index (χ3v) is 4.43. The molecule has 152 valence electrons. The number of nitrogens with one attached hydrogen (secondary N) is 1. The molecule has 1 N–H and O–H groups in total. The molecule has 2 aromatic rings. The molecule has 0 spiro atoms. The lowest BCUT2D eigenvalue weighted by molar-refractivity contribution is 0.284. The van der Waals surface area contributed by atoms with Crippen molar-refractivity contribution in [2.45, 2.75) is 13.2 Å². The third-order valence-electron chi connectivity index (χ3n) is 3.73. The lowest BCUT2D eigenvalue weighted by Crippen LogP contribution is -2.26. The summed E-state index contributed by atoms with van der Waals surface area (Å²) >= 11 is 12.4. The van der Waals surface area contributed by atoms with E-state index < -0.39 is 0 Å². The number of likely N-dealkylation sites (N-methyl/N-ethyl adjacent to an activating group) is 1. The first-order valence-corrected chi connectivity index (χ1v) is 8.85. The number of nitrogens with zero attached hydrogens (tertiary/aromatic N) is 1. The zero-order valence-corrected chi connectivity index (χ0v) is 18.8. The quantitative estimate of drug-likeness (QED) is 0.534. The number of benzene rings is 2. The van der Waals surface area contributed by atoms with Gasteiger partial charge in [0, 0.05) is 35.2 Å². The topological polar surface area (TPSA) is 33.7 Å². The molecule has 0 radical (unpaired) electrons. The van der Waals surface area contributed by atoms with Crippen LogP contribution in [0.5, 0.6) is 11.5 Å². The molecule has 0 heterocycles. The van der Waals surface area contributed by atoms with Gasteiger partial charge in [0.05, 0.1) is 7.11 Å². The van der Waals surface area contributed by atoms with E-state index in [9.17, 15) is 0 Å². The van der Waals surface area contributed by atoms with Crippen molar-refractivity contribution in [3.8, 4) is 11.5 Å². The van der Waals surface area contributed by atoms with Crippen LogP contribution in [0.25, 0.3) is 0 Å². The molecule has 0 atom stereocenters. The average Bonchev–Trinajstić information content (AvgIpc) is 2.58. The van der Waals surface area contributed by atoms with Crippen molar-refractivity contribution in [2.24, 2.45) is 0 Å². The molecular weight excluding hydrogens is 430 g/mol. The lowest BCUT2D eigenvalue weighted by atomic mass is 10.2. The number of hydrogen-bond donors (Lipinski definition) is 1. The van der Waals surface area contributed by atoms with Crippen LogP contribution in [0.1, 0.15) is 11.1 Å². The molecule has 2 aromatic carbocycles.